The van der Waals surface area contributed by atoms with Crippen LogP contribution in [0.3, 0.4) is 0 Å². The van der Waals surface area contributed by atoms with Gasteiger partial charge in [-0.15, -0.1) is 0 Å². The first kappa shape index (κ1) is 11.9. The van der Waals surface area contributed by atoms with E-state index in [-0.39, 0.29) is 11.6 Å². The molecule has 0 radical (unpaired) electrons. The number of ether oxygens (including phenoxy) is 2. The molecular weight excluding hydrogens is 202 g/mol. The van der Waals surface area contributed by atoms with Crippen molar-refractivity contribution >= 4 is 0 Å². The van der Waals surface area contributed by atoms with Gasteiger partial charge in [0.2, 0.25) is 0 Å². The molecule has 1 N–H and O–H groups in total. The minimum absolute atomic E-state index is 0.0780. The van der Waals surface area contributed by atoms with Crippen LogP contribution >= 0.6 is 0 Å². The summed E-state index contributed by atoms with van der Waals surface area (Å²) in [5.74, 6) is 1.10. The Morgan fingerprint density at radius 2 is 2.38 bits per heavy atom. The van der Waals surface area contributed by atoms with Crippen molar-refractivity contribution in [3.63, 3.8) is 0 Å². The van der Waals surface area contributed by atoms with E-state index in [1.807, 2.05) is 0 Å². The van der Waals surface area contributed by atoms with Crippen molar-refractivity contribution in [3.05, 3.63) is 11.8 Å². The maximum atomic E-state index is 5.93. The molecule has 0 saturated carbocycles. The average Bonchev–Trinajstić information content (AvgIpc) is 2.91. The number of rotatable bonds is 5. The summed E-state index contributed by atoms with van der Waals surface area (Å²) in [6.45, 7) is 7.12. The van der Waals surface area contributed by atoms with Gasteiger partial charge in [-0.2, -0.15) is 0 Å². The third kappa shape index (κ3) is 2.41. The fraction of sp³-hybridized carbons (Fsp3) is 0.846. The van der Waals surface area contributed by atoms with Gasteiger partial charge in [0.15, 0.2) is 0 Å². The molecule has 2 aliphatic heterocycles. The van der Waals surface area contributed by atoms with Crippen LogP contribution in [0.4, 0.5) is 0 Å². The smallest absolute Gasteiger partial charge is 0.112 e. The Hall–Kier alpha value is -0.540. The lowest BCUT2D eigenvalue weighted by Crippen LogP contribution is -2.50. The molecule has 1 saturated heterocycles. The highest BCUT2D eigenvalue weighted by Crippen LogP contribution is 2.33. The van der Waals surface area contributed by atoms with Gasteiger partial charge in [-0.25, -0.2) is 0 Å². The van der Waals surface area contributed by atoms with E-state index in [2.05, 4.69) is 25.2 Å². The van der Waals surface area contributed by atoms with Gasteiger partial charge in [0, 0.05) is 13.0 Å². The van der Waals surface area contributed by atoms with E-state index in [0.29, 0.717) is 0 Å². The molecule has 2 atom stereocenters. The highest BCUT2D eigenvalue weighted by atomic mass is 16.5. The van der Waals surface area contributed by atoms with Gasteiger partial charge in [0.25, 0.3) is 0 Å². The number of hydrogen-bond donors (Lipinski definition) is 1. The Kier molecular flexibility index (Phi) is 3.87. The fourth-order valence-corrected chi connectivity index (χ4v) is 2.57. The molecule has 1 fully saturated rings. The van der Waals surface area contributed by atoms with Gasteiger partial charge >= 0.3 is 0 Å². The Morgan fingerprint density at radius 3 is 2.94 bits per heavy atom. The monoisotopic (exact) mass is 225 g/mol. The van der Waals surface area contributed by atoms with Crippen LogP contribution in [0.15, 0.2) is 11.8 Å². The molecule has 2 aliphatic rings. The topological polar surface area (TPSA) is 30.5 Å². The molecule has 92 valence electrons. The Balaban J connectivity index is 2.06. The van der Waals surface area contributed by atoms with E-state index < -0.39 is 0 Å². The van der Waals surface area contributed by atoms with Gasteiger partial charge in [-0.3, -0.25) is 0 Å². The summed E-state index contributed by atoms with van der Waals surface area (Å²) in [4.78, 5) is 0. The van der Waals surface area contributed by atoms with Crippen molar-refractivity contribution in [1.82, 2.24) is 5.32 Å². The molecule has 2 rings (SSSR count). The van der Waals surface area contributed by atoms with Crippen LogP contribution in [-0.2, 0) is 9.47 Å². The SMILES string of the molecule is CCCNC(C1=CCCO1)C1(C)CCCO1. The second kappa shape index (κ2) is 5.19. The van der Waals surface area contributed by atoms with Crippen molar-refractivity contribution < 1.29 is 9.47 Å². The zero-order valence-electron chi connectivity index (χ0n) is 10.4. The summed E-state index contributed by atoms with van der Waals surface area (Å²) in [6.07, 6.45) is 6.67. The predicted molar refractivity (Wildman–Crippen MR) is 64.3 cm³/mol. The largest absolute Gasteiger partial charge is 0.496 e. The van der Waals surface area contributed by atoms with Crippen LogP contribution < -0.4 is 5.32 Å². The minimum Gasteiger partial charge on any atom is -0.496 e. The second-order valence-corrected chi connectivity index (χ2v) is 4.90. The van der Waals surface area contributed by atoms with Crippen LogP contribution in [0.25, 0.3) is 0 Å². The van der Waals surface area contributed by atoms with Crippen LogP contribution in [0.2, 0.25) is 0 Å². The molecule has 0 aromatic carbocycles. The van der Waals surface area contributed by atoms with E-state index in [1.54, 1.807) is 0 Å². The van der Waals surface area contributed by atoms with E-state index >= 15 is 0 Å². The molecule has 2 unspecified atom stereocenters. The molecule has 0 spiro atoms. The Labute approximate surface area is 98.2 Å². The normalized spacial score (nSPS) is 31.2. The highest BCUT2D eigenvalue weighted by Gasteiger charge is 2.41. The standard InChI is InChI=1S/C13H23NO2/c1-3-8-14-12(11-6-4-9-15-11)13(2)7-5-10-16-13/h6,12,14H,3-5,7-10H2,1-2H3. The molecule has 3 nitrogen and oxygen atoms in total. The molecule has 0 aromatic rings. The molecule has 3 heteroatoms. The molecule has 2 heterocycles. The first-order valence-electron chi connectivity index (χ1n) is 6.46. The van der Waals surface area contributed by atoms with Gasteiger partial charge in [0.1, 0.15) is 5.76 Å². The van der Waals surface area contributed by atoms with Gasteiger partial charge in [-0.05, 0) is 38.8 Å². The van der Waals surface area contributed by atoms with Crippen molar-refractivity contribution in [2.45, 2.75) is 51.2 Å². The number of hydrogen-bond acceptors (Lipinski definition) is 3. The molecule has 0 aromatic heterocycles. The zero-order valence-corrected chi connectivity index (χ0v) is 10.4. The summed E-state index contributed by atoms with van der Waals surface area (Å²) in [6, 6.07) is 0.234. The molecular formula is C13H23NO2. The van der Waals surface area contributed by atoms with E-state index in [0.717, 1.165) is 51.2 Å². The van der Waals surface area contributed by atoms with E-state index in [4.69, 9.17) is 9.47 Å². The minimum atomic E-state index is -0.0780. The lowest BCUT2D eigenvalue weighted by atomic mass is 9.91. The molecule has 0 amide bonds. The highest BCUT2D eigenvalue weighted by molar-refractivity contribution is 5.14. The number of nitrogens with one attached hydrogen (secondary N) is 1. The van der Waals surface area contributed by atoms with Crippen LogP contribution in [-0.4, -0.2) is 31.4 Å². The van der Waals surface area contributed by atoms with Crippen LogP contribution in [0.5, 0.6) is 0 Å². The molecule has 16 heavy (non-hydrogen) atoms. The van der Waals surface area contributed by atoms with E-state index in [9.17, 15) is 0 Å². The average molecular weight is 225 g/mol. The van der Waals surface area contributed by atoms with Crippen molar-refractivity contribution in [3.8, 4) is 0 Å². The summed E-state index contributed by atoms with van der Waals surface area (Å²) in [5.41, 5.74) is -0.0780. The quantitative estimate of drug-likeness (QED) is 0.778. The first-order chi connectivity index (χ1) is 7.76. The lowest BCUT2D eigenvalue weighted by molar-refractivity contribution is -0.0151. The predicted octanol–water partition coefficient (Wildman–Crippen LogP) is 2.23. The summed E-state index contributed by atoms with van der Waals surface area (Å²) < 4.78 is 11.6. The second-order valence-electron chi connectivity index (χ2n) is 4.90. The third-order valence-corrected chi connectivity index (χ3v) is 3.48. The van der Waals surface area contributed by atoms with Crippen molar-refractivity contribution in [2.24, 2.45) is 0 Å². The van der Waals surface area contributed by atoms with Gasteiger partial charge < -0.3 is 14.8 Å². The van der Waals surface area contributed by atoms with Gasteiger partial charge in [0.05, 0.1) is 18.2 Å². The fourth-order valence-electron chi connectivity index (χ4n) is 2.57. The van der Waals surface area contributed by atoms with Crippen molar-refractivity contribution in [1.29, 1.82) is 0 Å². The molecule has 0 bridgehead atoms. The Bertz CT molecular complexity index is 257. The van der Waals surface area contributed by atoms with Crippen molar-refractivity contribution in [2.75, 3.05) is 19.8 Å². The lowest BCUT2D eigenvalue weighted by Gasteiger charge is -2.34. The first-order valence-corrected chi connectivity index (χ1v) is 6.46. The van der Waals surface area contributed by atoms with E-state index in [1.165, 1.54) is 0 Å². The maximum Gasteiger partial charge on any atom is 0.112 e. The molecule has 0 aliphatic carbocycles. The summed E-state index contributed by atoms with van der Waals surface area (Å²) >= 11 is 0. The summed E-state index contributed by atoms with van der Waals surface area (Å²) in [7, 11) is 0. The van der Waals surface area contributed by atoms with Crippen LogP contribution in [0, 0.1) is 0 Å². The van der Waals surface area contributed by atoms with Gasteiger partial charge in [-0.1, -0.05) is 6.92 Å². The third-order valence-electron chi connectivity index (χ3n) is 3.48. The maximum absolute atomic E-state index is 5.93. The Morgan fingerprint density at radius 1 is 1.50 bits per heavy atom. The van der Waals surface area contributed by atoms with Crippen LogP contribution in [0.1, 0.15) is 39.5 Å². The zero-order chi connectivity index (χ0) is 11.4. The summed E-state index contributed by atoms with van der Waals surface area (Å²) in [5, 5.41) is 3.58.